The molecule has 0 fully saturated rings. The van der Waals surface area contributed by atoms with Crippen molar-refractivity contribution in [1.29, 1.82) is 0 Å². The Hall–Kier alpha value is -3.27. The van der Waals surface area contributed by atoms with Crippen molar-refractivity contribution in [3.8, 4) is 11.1 Å². The van der Waals surface area contributed by atoms with Crippen LogP contribution in [0.5, 0.6) is 0 Å². The molecule has 164 valence electrons. The molecule has 0 saturated heterocycles. The van der Waals surface area contributed by atoms with Crippen LogP contribution in [0.25, 0.3) is 22.0 Å². The van der Waals surface area contributed by atoms with E-state index in [9.17, 15) is 9.18 Å². The first-order valence-electron chi connectivity index (χ1n) is 11.1. The van der Waals surface area contributed by atoms with Gasteiger partial charge in [-0.3, -0.25) is 4.79 Å². The summed E-state index contributed by atoms with van der Waals surface area (Å²) in [5.74, 6) is -0.920. The summed E-state index contributed by atoms with van der Waals surface area (Å²) in [6, 6.07) is 19.0. The van der Waals surface area contributed by atoms with Crippen molar-refractivity contribution < 1.29 is 13.6 Å². The van der Waals surface area contributed by atoms with Gasteiger partial charge < -0.3 is 4.57 Å². The average molecular weight is 432 g/mol. The first-order valence-corrected chi connectivity index (χ1v) is 11.1. The van der Waals surface area contributed by atoms with Crippen LogP contribution >= 0.6 is 0 Å². The Kier molecular flexibility index (Phi) is 6.22. The lowest BCUT2D eigenvalue weighted by Crippen LogP contribution is -2.19. The molecule has 0 saturated carbocycles. The molecule has 0 spiro atoms. The topological polar surface area (TPSA) is 22.0 Å². The van der Waals surface area contributed by atoms with Crippen LogP contribution in [-0.2, 0) is 6.54 Å². The van der Waals surface area contributed by atoms with Gasteiger partial charge in [-0.2, -0.15) is 0 Å². The second kappa shape index (κ2) is 9.07. The Morgan fingerprint density at radius 3 is 2.22 bits per heavy atom. The van der Waals surface area contributed by atoms with Crippen LogP contribution in [0.3, 0.4) is 0 Å². The number of aryl methyl sites for hydroxylation is 1. The molecule has 32 heavy (non-hydrogen) atoms. The minimum atomic E-state index is -0.377. The molecule has 0 aliphatic rings. The van der Waals surface area contributed by atoms with Crippen LogP contribution in [0, 0.1) is 24.5 Å². The smallest absolute Gasteiger partial charge is 0.182 e. The minimum absolute atomic E-state index is 0.0292. The van der Waals surface area contributed by atoms with Crippen molar-refractivity contribution in [3.63, 3.8) is 0 Å². The lowest BCUT2D eigenvalue weighted by Gasteiger charge is -2.17. The molecule has 4 aromatic rings. The summed E-state index contributed by atoms with van der Waals surface area (Å²) in [4.78, 5) is 13.8. The number of hydrogen-bond donors (Lipinski definition) is 0. The molecule has 0 unspecified atom stereocenters. The van der Waals surface area contributed by atoms with E-state index in [2.05, 4.69) is 0 Å². The maximum atomic E-state index is 15.0. The van der Waals surface area contributed by atoms with E-state index in [1.165, 1.54) is 12.1 Å². The Morgan fingerprint density at radius 1 is 0.906 bits per heavy atom. The molecule has 2 nitrogen and oxygen atoms in total. The number of Topliss-reactive ketones (excluding diaryl/α,β-unsaturated/α-hetero) is 1. The minimum Gasteiger partial charge on any atom is -0.333 e. The van der Waals surface area contributed by atoms with Crippen molar-refractivity contribution in [2.75, 3.05) is 0 Å². The molecule has 0 N–H and O–H groups in total. The zero-order valence-electron chi connectivity index (χ0n) is 18.7. The maximum absolute atomic E-state index is 15.0. The lowest BCUT2D eigenvalue weighted by molar-refractivity contribution is 0.0905. The Bertz CT molecular complexity index is 1280. The van der Waals surface area contributed by atoms with E-state index < -0.39 is 0 Å². The zero-order chi connectivity index (χ0) is 22.8. The Morgan fingerprint density at radius 2 is 1.56 bits per heavy atom. The number of nitrogens with zero attached hydrogens (tertiary/aromatic N) is 1. The number of fused-ring (bicyclic) bond motifs is 1. The van der Waals surface area contributed by atoms with E-state index in [1.54, 1.807) is 36.4 Å². The predicted molar refractivity (Wildman–Crippen MR) is 126 cm³/mol. The van der Waals surface area contributed by atoms with Gasteiger partial charge in [-0.15, -0.1) is 0 Å². The molecule has 0 radical (unpaired) electrons. The van der Waals surface area contributed by atoms with Gasteiger partial charge in [0, 0.05) is 33.5 Å². The molecule has 0 aliphatic heterocycles. The van der Waals surface area contributed by atoms with Crippen molar-refractivity contribution in [3.05, 3.63) is 95.2 Å². The molecular weight excluding hydrogens is 404 g/mol. The van der Waals surface area contributed by atoms with E-state index in [4.69, 9.17) is 0 Å². The van der Waals surface area contributed by atoms with Gasteiger partial charge in [0.2, 0.25) is 0 Å². The number of ketones is 1. The molecule has 1 heterocycles. The van der Waals surface area contributed by atoms with Crippen LogP contribution < -0.4 is 0 Å². The van der Waals surface area contributed by atoms with Crippen molar-refractivity contribution >= 4 is 16.7 Å². The highest BCUT2D eigenvalue weighted by molar-refractivity contribution is 6.12. The molecule has 0 bridgehead atoms. The van der Waals surface area contributed by atoms with Crippen LogP contribution in [-0.4, -0.2) is 10.4 Å². The fourth-order valence-electron chi connectivity index (χ4n) is 4.48. The second-order valence-corrected chi connectivity index (χ2v) is 8.28. The third-order valence-electron chi connectivity index (χ3n) is 6.24. The summed E-state index contributed by atoms with van der Waals surface area (Å²) in [5.41, 5.74) is 3.74. The molecule has 1 aromatic heterocycles. The van der Waals surface area contributed by atoms with E-state index in [-0.39, 0.29) is 29.9 Å². The Balaban J connectivity index is 2.09. The third-order valence-corrected chi connectivity index (χ3v) is 6.24. The van der Waals surface area contributed by atoms with Gasteiger partial charge in [-0.05, 0) is 44.0 Å². The predicted octanol–water partition coefficient (Wildman–Crippen LogP) is 7.56. The van der Waals surface area contributed by atoms with Crippen molar-refractivity contribution in [2.24, 2.45) is 5.92 Å². The SMILES string of the molecule is CCC(CC)C(=O)c1c(-c2ccccc2F)c2cc(C)ccc2n1Cc1ccccc1F. The number of benzene rings is 3. The highest BCUT2D eigenvalue weighted by atomic mass is 19.1. The number of hydrogen-bond acceptors (Lipinski definition) is 1. The lowest BCUT2D eigenvalue weighted by atomic mass is 9.91. The zero-order valence-corrected chi connectivity index (χ0v) is 18.7. The Labute approximate surface area is 187 Å². The van der Waals surface area contributed by atoms with Crippen LogP contribution in [0.15, 0.2) is 66.7 Å². The number of aromatic nitrogens is 1. The van der Waals surface area contributed by atoms with Gasteiger partial charge in [0.15, 0.2) is 5.78 Å². The van der Waals surface area contributed by atoms with Crippen molar-refractivity contribution in [1.82, 2.24) is 4.57 Å². The number of carbonyl (C=O) groups is 1. The van der Waals surface area contributed by atoms with Crippen LogP contribution in [0.1, 0.15) is 48.3 Å². The highest BCUT2D eigenvalue weighted by Gasteiger charge is 2.29. The second-order valence-electron chi connectivity index (χ2n) is 8.28. The van der Waals surface area contributed by atoms with E-state index in [1.807, 2.05) is 43.5 Å². The fourth-order valence-corrected chi connectivity index (χ4v) is 4.48. The summed E-state index contributed by atoms with van der Waals surface area (Å²) >= 11 is 0. The standard InChI is InChI=1S/C28H27F2NO/c1-4-19(5-2)28(32)27-26(21-11-7-9-13-24(21)30)22-16-18(3)14-15-25(22)31(27)17-20-10-6-8-12-23(20)29/h6-16,19H,4-5,17H2,1-3H3. The normalized spacial score (nSPS) is 11.4. The monoisotopic (exact) mass is 431 g/mol. The van der Waals surface area contributed by atoms with Gasteiger partial charge in [0.05, 0.1) is 12.2 Å². The number of halogens is 2. The summed E-state index contributed by atoms with van der Waals surface area (Å²) in [6.45, 7) is 6.15. The van der Waals surface area contributed by atoms with Gasteiger partial charge in [-0.1, -0.05) is 61.9 Å². The maximum Gasteiger partial charge on any atom is 0.182 e. The molecular formula is C28H27F2NO. The fraction of sp³-hybridized carbons (Fsp3) is 0.250. The molecule has 4 heteroatoms. The van der Waals surface area contributed by atoms with Crippen LogP contribution in [0.2, 0.25) is 0 Å². The number of rotatable bonds is 7. The summed E-state index contributed by atoms with van der Waals surface area (Å²) in [6.07, 6.45) is 1.37. The summed E-state index contributed by atoms with van der Waals surface area (Å²) < 4.78 is 31.5. The van der Waals surface area contributed by atoms with Gasteiger partial charge >= 0.3 is 0 Å². The highest BCUT2D eigenvalue weighted by Crippen LogP contribution is 2.39. The molecule has 3 aromatic carbocycles. The molecule has 4 rings (SSSR count). The average Bonchev–Trinajstić information content (AvgIpc) is 3.09. The van der Waals surface area contributed by atoms with Crippen molar-refractivity contribution in [2.45, 2.75) is 40.2 Å². The first-order chi connectivity index (χ1) is 15.5. The van der Waals surface area contributed by atoms with Gasteiger partial charge in [-0.25, -0.2) is 8.78 Å². The molecule has 0 aliphatic carbocycles. The summed E-state index contributed by atoms with van der Waals surface area (Å²) in [7, 11) is 0. The quantitative estimate of drug-likeness (QED) is 0.277. The van der Waals surface area contributed by atoms with E-state index in [0.717, 1.165) is 16.5 Å². The molecule has 0 atom stereocenters. The number of carbonyl (C=O) groups excluding carboxylic acids is 1. The van der Waals surface area contributed by atoms with Gasteiger partial charge in [0.25, 0.3) is 0 Å². The first kappa shape index (κ1) is 21.9. The third kappa shape index (κ3) is 3.86. The largest absolute Gasteiger partial charge is 0.333 e. The van der Waals surface area contributed by atoms with E-state index in [0.29, 0.717) is 35.2 Å². The summed E-state index contributed by atoms with van der Waals surface area (Å²) in [5, 5.41) is 0.806. The van der Waals surface area contributed by atoms with Crippen LogP contribution in [0.4, 0.5) is 8.78 Å². The van der Waals surface area contributed by atoms with E-state index >= 15 is 4.39 Å². The molecule has 0 amide bonds. The van der Waals surface area contributed by atoms with Gasteiger partial charge in [0.1, 0.15) is 11.6 Å².